The number of aromatic nitrogens is 1. The van der Waals surface area contributed by atoms with Gasteiger partial charge in [-0.3, -0.25) is 9.78 Å². The van der Waals surface area contributed by atoms with Crippen LogP contribution in [0.3, 0.4) is 0 Å². The largest absolute Gasteiger partial charge is 0.506 e. The lowest BCUT2D eigenvalue weighted by Gasteiger charge is -2.08. The van der Waals surface area contributed by atoms with Gasteiger partial charge in [0.05, 0.1) is 17.0 Å². The minimum absolute atomic E-state index is 0.0448. The summed E-state index contributed by atoms with van der Waals surface area (Å²) < 4.78 is 0. The van der Waals surface area contributed by atoms with Crippen molar-refractivity contribution in [3.63, 3.8) is 0 Å². The van der Waals surface area contributed by atoms with Gasteiger partial charge in [0.2, 0.25) is 5.91 Å². The van der Waals surface area contributed by atoms with Gasteiger partial charge in [0, 0.05) is 17.3 Å². The molecule has 2 aromatic rings. The second-order valence-electron chi connectivity index (χ2n) is 4.06. The number of carboxylic acids is 1. The number of hydrogen-bond donors (Lipinski definition) is 3. The number of nitrogens with one attached hydrogen (secondary N) is 1. The molecule has 0 aliphatic rings. The maximum atomic E-state index is 11.8. The molecule has 0 bridgehead atoms. The van der Waals surface area contributed by atoms with E-state index in [0.717, 1.165) is 11.0 Å². The Morgan fingerprint density at radius 1 is 1.19 bits per heavy atom. The minimum Gasteiger partial charge on any atom is -0.506 e. The molecule has 1 aromatic carbocycles. The van der Waals surface area contributed by atoms with Crippen molar-refractivity contribution in [1.82, 2.24) is 4.98 Å². The first kappa shape index (κ1) is 14.9. The normalized spacial score (nSPS) is 10.1. The molecular weight excluding hydrogens is 292 g/mol. The van der Waals surface area contributed by atoms with Crippen molar-refractivity contribution in [2.24, 2.45) is 0 Å². The molecule has 0 saturated carbocycles. The maximum Gasteiger partial charge on any atom is 0.335 e. The highest BCUT2D eigenvalue weighted by molar-refractivity contribution is 8.00. The van der Waals surface area contributed by atoms with Crippen LogP contribution in [0.1, 0.15) is 10.4 Å². The molecule has 3 N–H and O–H groups in total. The summed E-state index contributed by atoms with van der Waals surface area (Å²) in [6.45, 7) is 0. The van der Waals surface area contributed by atoms with Gasteiger partial charge in [0.25, 0.3) is 0 Å². The fourth-order valence-corrected chi connectivity index (χ4v) is 2.22. The van der Waals surface area contributed by atoms with E-state index in [-0.39, 0.29) is 28.7 Å². The number of phenols is 1. The van der Waals surface area contributed by atoms with Gasteiger partial charge in [0.15, 0.2) is 0 Å². The fourth-order valence-electron chi connectivity index (χ4n) is 1.54. The average Bonchev–Trinajstić information content (AvgIpc) is 2.48. The van der Waals surface area contributed by atoms with E-state index in [9.17, 15) is 14.7 Å². The first-order chi connectivity index (χ1) is 10.1. The van der Waals surface area contributed by atoms with Crippen LogP contribution >= 0.6 is 11.8 Å². The van der Waals surface area contributed by atoms with Gasteiger partial charge in [-0.15, -0.1) is 11.8 Å². The van der Waals surface area contributed by atoms with E-state index in [1.807, 2.05) is 0 Å². The number of amides is 1. The van der Waals surface area contributed by atoms with Crippen molar-refractivity contribution < 1.29 is 19.8 Å². The summed E-state index contributed by atoms with van der Waals surface area (Å²) >= 11 is 1.33. The lowest BCUT2D eigenvalue weighted by Crippen LogP contribution is -2.14. The van der Waals surface area contributed by atoms with Gasteiger partial charge in [-0.05, 0) is 30.3 Å². The number of carbonyl (C=O) groups excluding carboxylic acids is 1. The molecule has 7 heteroatoms. The number of nitrogens with zero attached hydrogens (tertiary/aromatic N) is 1. The number of carboxylic acid groups (broad SMARTS) is 1. The van der Waals surface area contributed by atoms with Crippen LogP contribution in [0.2, 0.25) is 0 Å². The van der Waals surface area contributed by atoms with Crippen LogP contribution in [0, 0.1) is 0 Å². The summed E-state index contributed by atoms with van der Waals surface area (Å²) in [5, 5.41) is 21.0. The van der Waals surface area contributed by atoms with E-state index in [1.165, 1.54) is 23.9 Å². The number of hydrogen-bond acceptors (Lipinski definition) is 5. The molecule has 108 valence electrons. The Morgan fingerprint density at radius 3 is 2.52 bits per heavy atom. The number of aromatic hydroxyl groups is 1. The van der Waals surface area contributed by atoms with E-state index in [2.05, 4.69) is 10.3 Å². The molecule has 1 heterocycles. The molecule has 0 atom stereocenters. The molecule has 0 aliphatic heterocycles. The van der Waals surface area contributed by atoms with Gasteiger partial charge in [-0.1, -0.05) is 0 Å². The zero-order valence-electron chi connectivity index (χ0n) is 10.8. The summed E-state index contributed by atoms with van der Waals surface area (Å²) in [6, 6.07) is 7.34. The Kier molecular flexibility index (Phi) is 4.78. The molecular formula is C14H12N2O4S. The minimum atomic E-state index is -1.14. The summed E-state index contributed by atoms with van der Waals surface area (Å²) in [5.74, 6) is -1.55. The number of aromatic carboxylic acids is 1. The highest BCUT2D eigenvalue weighted by Crippen LogP contribution is 2.25. The second-order valence-corrected chi connectivity index (χ2v) is 5.11. The van der Waals surface area contributed by atoms with Crippen LogP contribution in [0.5, 0.6) is 5.75 Å². The summed E-state index contributed by atoms with van der Waals surface area (Å²) in [7, 11) is 0. The first-order valence-electron chi connectivity index (χ1n) is 5.95. The predicted octanol–water partition coefficient (Wildman–Crippen LogP) is 2.22. The van der Waals surface area contributed by atoms with Crippen LogP contribution in [0.25, 0.3) is 0 Å². The van der Waals surface area contributed by atoms with Crippen LogP contribution in [0.15, 0.2) is 47.6 Å². The van der Waals surface area contributed by atoms with Crippen molar-refractivity contribution in [3.8, 4) is 5.75 Å². The summed E-state index contributed by atoms with van der Waals surface area (Å²) in [4.78, 5) is 27.3. The molecule has 0 fully saturated rings. The van der Waals surface area contributed by atoms with Crippen molar-refractivity contribution in [2.75, 3.05) is 11.1 Å². The molecule has 0 spiro atoms. The Hall–Kier alpha value is -2.54. The third kappa shape index (κ3) is 4.22. The summed E-state index contributed by atoms with van der Waals surface area (Å²) in [5.41, 5.74) is 0.136. The molecule has 0 saturated heterocycles. The van der Waals surface area contributed by atoms with E-state index in [4.69, 9.17) is 5.11 Å². The average molecular weight is 304 g/mol. The smallest absolute Gasteiger partial charge is 0.335 e. The topological polar surface area (TPSA) is 99.5 Å². The predicted molar refractivity (Wildman–Crippen MR) is 78.7 cm³/mol. The Bertz CT molecular complexity index is 661. The third-order valence-electron chi connectivity index (χ3n) is 2.54. The molecule has 1 amide bonds. The van der Waals surface area contributed by atoms with Crippen LogP contribution < -0.4 is 5.32 Å². The zero-order valence-corrected chi connectivity index (χ0v) is 11.6. The van der Waals surface area contributed by atoms with Gasteiger partial charge < -0.3 is 15.5 Å². The first-order valence-corrected chi connectivity index (χ1v) is 6.94. The standard InChI is InChI=1S/C14H12N2O4S/c17-12-7-9(14(19)20)1-2-11(12)16-13(18)8-21-10-3-5-15-6-4-10/h1-7,17H,8H2,(H,16,18)(H,19,20). The highest BCUT2D eigenvalue weighted by atomic mass is 32.2. The summed E-state index contributed by atoms with van der Waals surface area (Å²) in [6.07, 6.45) is 3.27. The SMILES string of the molecule is O=C(CSc1ccncc1)Nc1ccc(C(=O)O)cc1O. The number of thioether (sulfide) groups is 1. The molecule has 0 aliphatic carbocycles. The van der Waals surface area contributed by atoms with Crippen LogP contribution in [0.4, 0.5) is 5.69 Å². The van der Waals surface area contributed by atoms with Gasteiger partial charge in [0.1, 0.15) is 5.75 Å². The van der Waals surface area contributed by atoms with E-state index in [1.54, 1.807) is 24.5 Å². The lowest BCUT2D eigenvalue weighted by molar-refractivity contribution is -0.113. The molecule has 21 heavy (non-hydrogen) atoms. The third-order valence-corrected chi connectivity index (χ3v) is 3.55. The number of rotatable bonds is 5. The van der Waals surface area contributed by atoms with Crippen molar-refractivity contribution in [2.45, 2.75) is 4.90 Å². The monoisotopic (exact) mass is 304 g/mol. The van der Waals surface area contributed by atoms with Crippen LogP contribution in [-0.2, 0) is 4.79 Å². The van der Waals surface area contributed by atoms with Crippen LogP contribution in [-0.4, -0.2) is 32.8 Å². The molecule has 6 nitrogen and oxygen atoms in total. The van der Waals surface area contributed by atoms with Gasteiger partial charge >= 0.3 is 5.97 Å². The second kappa shape index (κ2) is 6.76. The lowest BCUT2D eigenvalue weighted by atomic mass is 10.2. The number of pyridine rings is 1. The number of anilines is 1. The zero-order chi connectivity index (χ0) is 15.2. The Labute approximate surface area is 124 Å². The van der Waals surface area contributed by atoms with Crippen molar-refractivity contribution >= 4 is 29.3 Å². The van der Waals surface area contributed by atoms with Gasteiger partial charge in [-0.2, -0.15) is 0 Å². The van der Waals surface area contributed by atoms with Crippen molar-refractivity contribution in [1.29, 1.82) is 0 Å². The maximum absolute atomic E-state index is 11.8. The number of phenolic OH excluding ortho intramolecular Hbond substituents is 1. The molecule has 0 radical (unpaired) electrons. The van der Waals surface area contributed by atoms with Crippen molar-refractivity contribution in [3.05, 3.63) is 48.3 Å². The molecule has 0 unspecified atom stereocenters. The fraction of sp³-hybridized carbons (Fsp3) is 0.0714. The Balaban J connectivity index is 1.95. The van der Waals surface area contributed by atoms with E-state index in [0.29, 0.717) is 0 Å². The Morgan fingerprint density at radius 2 is 1.90 bits per heavy atom. The highest BCUT2D eigenvalue weighted by Gasteiger charge is 2.10. The number of benzene rings is 1. The number of carbonyl (C=O) groups is 2. The molecule has 1 aromatic heterocycles. The van der Waals surface area contributed by atoms with E-state index < -0.39 is 5.97 Å². The molecule has 2 rings (SSSR count). The quantitative estimate of drug-likeness (QED) is 0.578. The van der Waals surface area contributed by atoms with Gasteiger partial charge in [-0.25, -0.2) is 4.79 Å². The van der Waals surface area contributed by atoms with E-state index >= 15 is 0 Å².